The number of benzene rings is 1. The van der Waals surface area contributed by atoms with Crippen LogP contribution < -0.4 is 0 Å². The molecule has 3 rings (SSSR count). The van der Waals surface area contributed by atoms with E-state index in [1.165, 1.54) is 23.7 Å². The first-order chi connectivity index (χ1) is 12.4. The second-order valence-corrected chi connectivity index (χ2v) is 8.02. The van der Waals surface area contributed by atoms with Crippen molar-refractivity contribution >= 4 is 28.6 Å². The summed E-state index contributed by atoms with van der Waals surface area (Å²) in [5, 5.41) is 5.90. The number of thioether (sulfide) groups is 1. The minimum absolute atomic E-state index is 0.129. The van der Waals surface area contributed by atoms with Gasteiger partial charge in [-0.15, -0.1) is 0 Å². The Bertz CT molecular complexity index is 946. The summed E-state index contributed by atoms with van der Waals surface area (Å²) in [6.45, 7) is 8.61. The van der Waals surface area contributed by atoms with Gasteiger partial charge >= 0.3 is 0 Å². The molecule has 1 aromatic carbocycles. The Morgan fingerprint density at radius 2 is 1.92 bits per heavy atom. The van der Waals surface area contributed by atoms with E-state index in [9.17, 15) is 4.79 Å². The molecule has 26 heavy (non-hydrogen) atoms. The van der Waals surface area contributed by atoms with Crippen LogP contribution in [0.2, 0.25) is 0 Å². The van der Waals surface area contributed by atoms with Crippen LogP contribution in [0.1, 0.15) is 61.0 Å². The average molecular weight is 369 g/mol. The Balaban J connectivity index is 1.84. The molecule has 0 radical (unpaired) electrons. The SMILES string of the molecule is CC(C)c1ccc(C(=O)CSc2ncnc3c2cnn3C)c(C(C)C)c1. The van der Waals surface area contributed by atoms with Gasteiger partial charge in [0.2, 0.25) is 0 Å². The molecule has 0 bridgehead atoms. The Morgan fingerprint density at radius 1 is 1.15 bits per heavy atom. The highest BCUT2D eigenvalue weighted by molar-refractivity contribution is 8.00. The molecule has 0 aliphatic rings. The van der Waals surface area contributed by atoms with Crippen molar-refractivity contribution in [3.63, 3.8) is 0 Å². The largest absolute Gasteiger partial charge is 0.293 e. The lowest BCUT2D eigenvalue weighted by Crippen LogP contribution is -2.09. The molecule has 0 saturated carbocycles. The molecule has 5 nitrogen and oxygen atoms in total. The Labute approximate surface area is 158 Å². The number of hydrogen-bond acceptors (Lipinski definition) is 5. The molecule has 0 fully saturated rings. The first kappa shape index (κ1) is 18.6. The molecule has 0 N–H and O–H groups in total. The van der Waals surface area contributed by atoms with Crippen molar-refractivity contribution in [2.75, 3.05) is 5.75 Å². The number of aromatic nitrogens is 4. The predicted molar refractivity (Wildman–Crippen MR) is 106 cm³/mol. The third kappa shape index (κ3) is 3.65. The van der Waals surface area contributed by atoms with E-state index in [-0.39, 0.29) is 5.78 Å². The van der Waals surface area contributed by atoms with Gasteiger partial charge in [-0.2, -0.15) is 5.10 Å². The van der Waals surface area contributed by atoms with Gasteiger partial charge in [0, 0.05) is 12.6 Å². The van der Waals surface area contributed by atoms with E-state index in [4.69, 9.17) is 0 Å². The van der Waals surface area contributed by atoms with Crippen molar-refractivity contribution in [3.8, 4) is 0 Å². The number of carbonyl (C=O) groups is 1. The normalized spacial score (nSPS) is 11.7. The fraction of sp³-hybridized carbons (Fsp3) is 0.400. The number of carbonyl (C=O) groups excluding carboxylic acids is 1. The monoisotopic (exact) mass is 368 g/mol. The van der Waals surface area contributed by atoms with Gasteiger partial charge in [-0.1, -0.05) is 57.7 Å². The van der Waals surface area contributed by atoms with Gasteiger partial charge in [0.25, 0.3) is 0 Å². The summed E-state index contributed by atoms with van der Waals surface area (Å²) < 4.78 is 1.71. The molecule has 3 aromatic rings. The van der Waals surface area contributed by atoms with Crippen LogP contribution in [0, 0.1) is 0 Å². The zero-order chi connectivity index (χ0) is 18.8. The maximum absolute atomic E-state index is 12.9. The average Bonchev–Trinajstić information content (AvgIpc) is 3.00. The van der Waals surface area contributed by atoms with E-state index in [0.29, 0.717) is 17.6 Å². The molecule has 0 amide bonds. The van der Waals surface area contributed by atoms with E-state index in [0.717, 1.165) is 27.2 Å². The molecule has 136 valence electrons. The van der Waals surface area contributed by atoms with Gasteiger partial charge in [-0.3, -0.25) is 9.48 Å². The highest BCUT2D eigenvalue weighted by Crippen LogP contribution is 2.28. The van der Waals surface area contributed by atoms with E-state index in [1.807, 2.05) is 13.1 Å². The highest BCUT2D eigenvalue weighted by Gasteiger charge is 2.17. The smallest absolute Gasteiger partial charge is 0.173 e. The highest BCUT2D eigenvalue weighted by atomic mass is 32.2. The molecular weight excluding hydrogens is 344 g/mol. The molecule has 0 atom stereocenters. The maximum Gasteiger partial charge on any atom is 0.173 e. The number of nitrogens with zero attached hydrogens (tertiary/aromatic N) is 4. The summed E-state index contributed by atoms with van der Waals surface area (Å²) in [4.78, 5) is 21.4. The van der Waals surface area contributed by atoms with Crippen LogP contribution in [0.5, 0.6) is 0 Å². The van der Waals surface area contributed by atoms with Gasteiger partial charge < -0.3 is 0 Å². The lowest BCUT2D eigenvalue weighted by molar-refractivity contribution is 0.102. The fourth-order valence-corrected chi connectivity index (χ4v) is 3.78. The number of rotatable bonds is 6. The zero-order valence-electron chi connectivity index (χ0n) is 15.9. The molecule has 0 aliphatic heterocycles. The van der Waals surface area contributed by atoms with E-state index >= 15 is 0 Å². The van der Waals surface area contributed by atoms with Crippen molar-refractivity contribution in [1.82, 2.24) is 19.7 Å². The van der Waals surface area contributed by atoms with Gasteiger partial charge in [-0.05, 0) is 23.0 Å². The van der Waals surface area contributed by atoms with E-state index < -0.39 is 0 Å². The molecule has 0 saturated heterocycles. The molecule has 6 heteroatoms. The quantitative estimate of drug-likeness (QED) is 0.362. The summed E-state index contributed by atoms with van der Waals surface area (Å²) in [5.41, 5.74) is 3.98. The molecule has 0 spiro atoms. The maximum atomic E-state index is 12.9. The zero-order valence-corrected chi connectivity index (χ0v) is 16.7. The van der Waals surface area contributed by atoms with Crippen LogP contribution in [0.3, 0.4) is 0 Å². The summed E-state index contributed by atoms with van der Waals surface area (Å²) >= 11 is 1.44. The number of fused-ring (bicyclic) bond motifs is 1. The minimum atomic E-state index is 0.129. The van der Waals surface area contributed by atoms with Crippen LogP contribution in [-0.2, 0) is 7.05 Å². The van der Waals surface area contributed by atoms with Gasteiger partial charge in [0.15, 0.2) is 11.4 Å². The Kier molecular flexibility index (Phi) is 5.41. The number of aryl methyl sites for hydroxylation is 1. The van der Waals surface area contributed by atoms with Gasteiger partial charge in [0.1, 0.15) is 11.4 Å². The van der Waals surface area contributed by atoms with Crippen molar-refractivity contribution in [2.45, 2.75) is 44.6 Å². The number of Topliss-reactive ketones (excluding diaryl/α,β-unsaturated/α-hetero) is 1. The molecule has 2 aromatic heterocycles. The lowest BCUT2D eigenvalue weighted by atomic mass is 9.90. The lowest BCUT2D eigenvalue weighted by Gasteiger charge is -2.15. The van der Waals surface area contributed by atoms with Crippen LogP contribution in [0.15, 0.2) is 35.7 Å². The molecule has 0 aliphatic carbocycles. The summed E-state index contributed by atoms with van der Waals surface area (Å²) in [6.07, 6.45) is 3.27. The second-order valence-electron chi connectivity index (χ2n) is 7.05. The van der Waals surface area contributed by atoms with E-state index in [2.05, 4.69) is 54.9 Å². The molecule has 2 heterocycles. The summed E-state index contributed by atoms with van der Waals surface area (Å²) in [5.74, 6) is 1.24. The summed E-state index contributed by atoms with van der Waals surface area (Å²) in [6, 6.07) is 6.23. The van der Waals surface area contributed by atoms with Crippen LogP contribution in [0.4, 0.5) is 0 Å². The second kappa shape index (κ2) is 7.58. The van der Waals surface area contributed by atoms with Crippen LogP contribution in [0.25, 0.3) is 11.0 Å². The minimum Gasteiger partial charge on any atom is -0.293 e. The van der Waals surface area contributed by atoms with Gasteiger partial charge in [-0.25, -0.2) is 9.97 Å². The van der Waals surface area contributed by atoms with E-state index in [1.54, 1.807) is 10.9 Å². The fourth-order valence-electron chi connectivity index (χ4n) is 2.94. The summed E-state index contributed by atoms with van der Waals surface area (Å²) in [7, 11) is 1.85. The van der Waals surface area contributed by atoms with Crippen LogP contribution >= 0.6 is 11.8 Å². The van der Waals surface area contributed by atoms with Crippen molar-refractivity contribution < 1.29 is 4.79 Å². The third-order valence-corrected chi connectivity index (χ3v) is 5.50. The topological polar surface area (TPSA) is 60.7 Å². The Morgan fingerprint density at radius 3 is 2.62 bits per heavy atom. The number of hydrogen-bond donors (Lipinski definition) is 0. The molecular formula is C20H24N4OS. The number of ketones is 1. The first-order valence-corrected chi connectivity index (χ1v) is 9.79. The molecule has 0 unspecified atom stereocenters. The van der Waals surface area contributed by atoms with Crippen molar-refractivity contribution in [3.05, 3.63) is 47.4 Å². The predicted octanol–water partition coefficient (Wildman–Crippen LogP) is 4.59. The van der Waals surface area contributed by atoms with Crippen molar-refractivity contribution in [2.24, 2.45) is 7.05 Å². The standard InChI is InChI=1S/C20H24N4OS/c1-12(2)14-6-7-15(16(8-14)13(3)4)18(25)10-26-20-17-9-23-24(5)19(17)21-11-22-20/h6-9,11-13H,10H2,1-5H3. The Hall–Kier alpha value is -2.21. The van der Waals surface area contributed by atoms with Crippen LogP contribution in [-0.4, -0.2) is 31.3 Å². The van der Waals surface area contributed by atoms with Gasteiger partial charge in [0.05, 0.1) is 17.3 Å². The first-order valence-electron chi connectivity index (χ1n) is 8.81. The van der Waals surface area contributed by atoms with Crippen molar-refractivity contribution in [1.29, 1.82) is 0 Å². The third-order valence-electron chi connectivity index (χ3n) is 4.50.